The molecular weight excluding hydrogens is 148 g/mol. The number of rotatable bonds is 1. The van der Waals surface area contributed by atoms with Gasteiger partial charge >= 0.3 is 0 Å². The first kappa shape index (κ1) is 9.50. The van der Waals surface area contributed by atoms with Crippen LogP contribution in [0.1, 0.15) is 40.0 Å². The zero-order valence-corrected chi connectivity index (χ0v) is 8.26. The van der Waals surface area contributed by atoms with E-state index in [4.69, 9.17) is 0 Å². The lowest BCUT2D eigenvalue weighted by Crippen LogP contribution is -2.15. The van der Waals surface area contributed by atoms with Crippen LogP contribution in [0.25, 0.3) is 0 Å². The van der Waals surface area contributed by atoms with Gasteiger partial charge in [0.1, 0.15) is 0 Å². The Morgan fingerprint density at radius 1 is 1.50 bits per heavy atom. The van der Waals surface area contributed by atoms with E-state index in [1.165, 1.54) is 6.42 Å². The molecule has 0 N–H and O–H groups in total. The second-order valence-electron chi connectivity index (χ2n) is 4.89. The molecule has 0 saturated carbocycles. The zero-order chi connectivity index (χ0) is 9.19. The third kappa shape index (κ3) is 3.21. The van der Waals surface area contributed by atoms with Gasteiger partial charge in [-0.15, -0.1) is 0 Å². The molecule has 0 fully saturated rings. The van der Waals surface area contributed by atoms with Gasteiger partial charge in [-0.25, -0.2) is 0 Å². The SMILES string of the molecule is CC(C)(C)CC1C=CC(=O)CC1. The second kappa shape index (κ2) is 3.42. The molecule has 0 saturated heterocycles. The first-order valence-electron chi connectivity index (χ1n) is 4.68. The third-order valence-electron chi connectivity index (χ3n) is 2.19. The van der Waals surface area contributed by atoms with Crippen LogP contribution in [0, 0.1) is 11.3 Å². The van der Waals surface area contributed by atoms with Gasteiger partial charge < -0.3 is 0 Å². The molecule has 1 aliphatic rings. The van der Waals surface area contributed by atoms with E-state index in [0.717, 1.165) is 12.8 Å². The Labute approximate surface area is 74.9 Å². The lowest BCUT2D eigenvalue weighted by molar-refractivity contribution is -0.115. The fourth-order valence-electron chi connectivity index (χ4n) is 1.71. The number of carbonyl (C=O) groups is 1. The summed E-state index contributed by atoms with van der Waals surface area (Å²) in [5.74, 6) is 0.919. The van der Waals surface area contributed by atoms with Gasteiger partial charge in [0, 0.05) is 6.42 Å². The average Bonchev–Trinajstić information content (AvgIpc) is 1.91. The number of carbonyl (C=O) groups excluding carboxylic acids is 1. The van der Waals surface area contributed by atoms with Crippen molar-refractivity contribution in [3.8, 4) is 0 Å². The maximum Gasteiger partial charge on any atom is 0.155 e. The summed E-state index contributed by atoms with van der Waals surface area (Å²) < 4.78 is 0. The summed E-state index contributed by atoms with van der Waals surface area (Å²) in [6, 6.07) is 0. The molecule has 1 aliphatic carbocycles. The molecule has 1 unspecified atom stereocenters. The summed E-state index contributed by atoms with van der Waals surface area (Å²) in [5.41, 5.74) is 0.384. The van der Waals surface area contributed by atoms with Crippen molar-refractivity contribution in [2.75, 3.05) is 0 Å². The quantitative estimate of drug-likeness (QED) is 0.585. The monoisotopic (exact) mass is 166 g/mol. The Morgan fingerprint density at radius 2 is 2.17 bits per heavy atom. The van der Waals surface area contributed by atoms with Crippen molar-refractivity contribution < 1.29 is 4.79 Å². The van der Waals surface area contributed by atoms with Crippen LogP contribution in [0.5, 0.6) is 0 Å². The summed E-state index contributed by atoms with van der Waals surface area (Å²) in [7, 11) is 0. The van der Waals surface area contributed by atoms with E-state index in [9.17, 15) is 4.79 Å². The molecule has 1 heteroatoms. The van der Waals surface area contributed by atoms with Crippen molar-refractivity contribution >= 4 is 5.78 Å². The largest absolute Gasteiger partial charge is 0.295 e. The van der Waals surface area contributed by atoms with E-state index < -0.39 is 0 Å². The molecule has 0 radical (unpaired) electrons. The standard InChI is InChI=1S/C11H18O/c1-11(2,3)8-9-4-6-10(12)7-5-9/h4,6,9H,5,7-8H2,1-3H3. The lowest BCUT2D eigenvalue weighted by atomic mass is 9.80. The summed E-state index contributed by atoms with van der Waals surface area (Å²) in [6.45, 7) is 6.74. The highest BCUT2D eigenvalue weighted by atomic mass is 16.1. The fraction of sp³-hybridized carbons (Fsp3) is 0.727. The predicted octanol–water partition coefficient (Wildman–Crippen LogP) is 2.96. The number of hydrogen-bond acceptors (Lipinski definition) is 1. The van der Waals surface area contributed by atoms with Crippen molar-refractivity contribution in [2.45, 2.75) is 40.0 Å². The molecule has 12 heavy (non-hydrogen) atoms. The minimum absolute atomic E-state index is 0.292. The van der Waals surface area contributed by atoms with Crippen LogP contribution in [-0.4, -0.2) is 5.78 Å². The normalized spacial score (nSPS) is 24.6. The Kier molecular flexibility index (Phi) is 2.71. The molecular formula is C11H18O. The van der Waals surface area contributed by atoms with Crippen LogP contribution in [-0.2, 0) is 4.79 Å². The minimum Gasteiger partial charge on any atom is -0.295 e. The summed E-state index contributed by atoms with van der Waals surface area (Å²) in [5, 5.41) is 0. The molecule has 0 aromatic rings. The highest BCUT2D eigenvalue weighted by molar-refractivity contribution is 5.90. The maximum absolute atomic E-state index is 10.9. The van der Waals surface area contributed by atoms with Crippen molar-refractivity contribution in [1.82, 2.24) is 0 Å². The second-order valence-corrected chi connectivity index (χ2v) is 4.89. The molecule has 0 aromatic carbocycles. The molecule has 0 bridgehead atoms. The van der Waals surface area contributed by atoms with E-state index in [1.54, 1.807) is 6.08 Å². The zero-order valence-electron chi connectivity index (χ0n) is 8.26. The highest BCUT2D eigenvalue weighted by Crippen LogP contribution is 2.29. The van der Waals surface area contributed by atoms with E-state index in [1.807, 2.05) is 0 Å². The van der Waals surface area contributed by atoms with Gasteiger partial charge in [-0.1, -0.05) is 26.8 Å². The van der Waals surface area contributed by atoms with Crippen LogP contribution >= 0.6 is 0 Å². The van der Waals surface area contributed by atoms with E-state index in [2.05, 4.69) is 26.8 Å². The Morgan fingerprint density at radius 3 is 2.58 bits per heavy atom. The highest BCUT2D eigenvalue weighted by Gasteiger charge is 2.19. The van der Waals surface area contributed by atoms with Crippen LogP contribution in [0.3, 0.4) is 0 Å². The Bertz CT molecular complexity index is 196. The van der Waals surface area contributed by atoms with Gasteiger partial charge in [0.2, 0.25) is 0 Å². The van der Waals surface area contributed by atoms with Crippen molar-refractivity contribution in [3.05, 3.63) is 12.2 Å². The van der Waals surface area contributed by atoms with E-state index in [0.29, 0.717) is 17.1 Å². The molecule has 1 nitrogen and oxygen atoms in total. The summed E-state index contributed by atoms with van der Waals surface area (Å²) in [4.78, 5) is 10.9. The summed E-state index contributed by atoms with van der Waals surface area (Å²) >= 11 is 0. The van der Waals surface area contributed by atoms with E-state index >= 15 is 0 Å². The van der Waals surface area contributed by atoms with Gasteiger partial charge in [-0.3, -0.25) is 4.79 Å². The molecule has 1 atom stereocenters. The third-order valence-corrected chi connectivity index (χ3v) is 2.19. The molecule has 0 heterocycles. The molecule has 0 amide bonds. The first-order chi connectivity index (χ1) is 5.47. The average molecular weight is 166 g/mol. The molecule has 1 rings (SSSR count). The van der Waals surface area contributed by atoms with E-state index in [-0.39, 0.29) is 0 Å². The topological polar surface area (TPSA) is 17.1 Å². The Hall–Kier alpha value is -0.590. The van der Waals surface area contributed by atoms with Crippen LogP contribution < -0.4 is 0 Å². The van der Waals surface area contributed by atoms with Gasteiger partial charge in [-0.05, 0) is 30.3 Å². The van der Waals surface area contributed by atoms with Gasteiger partial charge in [0.15, 0.2) is 5.78 Å². The van der Waals surface area contributed by atoms with Gasteiger partial charge in [0.05, 0.1) is 0 Å². The first-order valence-corrected chi connectivity index (χ1v) is 4.68. The predicted molar refractivity (Wildman–Crippen MR) is 50.9 cm³/mol. The van der Waals surface area contributed by atoms with Crippen molar-refractivity contribution in [3.63, 3.8) is 0 Å². The van der Waals surface area contributed by atoms with Crippen molar-refractivity contribution in [1.29, 1.82) is 0 Å². The minimum atomic E-state index is 0.292. The molecule has 0 aliphatic heterocycles. The molecule has 0 aromatic heterocycles. The number of allylic oxidation sites excluding steroid dienone is 2. The van der Waals surface area contributed by atoms with Crippen LogP contribution in [0.15, 0.2) is 12.2 Å². The molecule has 68 valence electrons. The van der Waals surface area contributed by atoms with Crippen LogP contribution in [0.2, 0.25) is 0 Å². The number of hydrogen-bond donors (Lipinski definition) is 0. The number of ketones is 1. The maximum atomic E-state index is 10.9. The van der Waals surface area contributed by atoms with Gasteiger partial charge in [-0.2, -0.15) is 0 Å². The van der Waals surface area contributed by atoms with Gasteiger partial charge in [0.25, 0.3) is 0 Å². The smallest absolute Gasteiger partial charge is 0.155 e. The molecule has 0 spiro atoms. The fourth-order valence-corrected chi connectivity index (χ4v) is 1.71. The van der Waals surface area contributed by atoms with Crippen LogP contribution in [0.4, 0.5) is 0 Å². The Balaban J connectivity index is 2.46. The lowest BCUT2D eigenvalue weighted by Gasteiger charge is -2.25. The summed E-state index contributed by atoms with van der Waals surface area (Å²) in [6.07, 6.45) is 6.82. The van der Waals surface area contributed by atoms with Crippen molar-refractivity contribution in [2.24, 2.45) is 11.3 Å².